The predicted octanol–water partition coefficient (Wildman–Crippen LogP) is 5.47. The number of halogens is 2. The third-order valence-electron chi connectivity index (χ3n) is 5.09. The zero-order valence-corrected chi connectivity index (χ0v) is 19.6. The molecule has 0 aliphatic carbocycles. The SMILES string of the molecule is CCCSNc1ccc(F)c(C(=O)c2c[nH]c3ncnc(Nc4ccc(C(=O)OC)cc4)c23)c1F. The topological polar surface area (TPSA) is 109 Å². The monoisotopic (exact) mass is 497 g/mol. The molecule has 0 aliphatic rings. The summed E-state index contributed by atoms with van der Waals surface area (Å²) < 4.78 is 37.3. The minimum Gasteiger partial charge on any atom is -0.465 e. The van der Waals surface area contributed by atoms with Gasteiger partial charge in [-0.2, -0.15) is 0 Å². The van der Waals surface area contributed by atoms with Gasteiger partial charge in [-0.25, -0.2) is 23.5 Å². The first kappa shape index (κ1) is 24.1. The zero-order chi connectivity index (χ0) is 24.9. The molecule has 0 atom stereocenters. The van der Waals surface area contributed by atoms with Gasteiger partial charge in [-0.1, -0.05) is 18.9 Å². The predicted molar refractivity (Wildman–Crippen MR) is 131 cm³/mol. The van der Waals surface area contributed by atoms with Crippen LogP contribution in [0.5, 0.6) is 0 Å². The summed E-state index contributed by atoms with van der Waals surface area (Å²) in [5.41, 5.74) is 0.586. The van der Waals surface area contributed by atoms with E-state index >= 15 is 4.39 Å². The summed E-state index contributed by atoms with van der Waals surface area (Å²) in [6, 6.07) is 8.71. The summed E-state index contributed by atoms with van der Waals surface area (Å²) in [6.45, 7) is 1.98. The van der Waals surface area contributed by atoms with Gasteiger partial charge in [0.1, 0.15) is 23.6 Å². The molecule has 0 radical (unpaired) electrons. The van der Waals surface area contributed by atoms with Crippen molar-refractivity contribution >= 4 is 51.9 Å². The second kappa shape index (κ2) is 10.5. The Morgan fingerprint density at radius 2 is 1.89 bits per heavy atom. The molecule has 4 rings (SSSR count). The smallest absolute Gasteiger partial charge is 0.337 e. The van der Waals surface area contributed by atoms with Gasteiger partial charge in [0, 0.05) is 17.6 Å². The number of carbonyl (C=O) groups is 2. The minimum absolute atomic E-state index is 0.00504. The molecule has 0 saturated heterocycles. The largest absolute Gasteiger partial charge is 0.465 e. The molecule has 0 spiro atoms. The van der Waals surface area contributed by atoms with Crippen LogP contribution in [0.2, 0.25) is 0 Å². The Morgan fingerprint density at radius 3 is 2.60 bits per heavy atom. The van der Waals surface area contributed by atoms with E-state index in [1.165, 1.54) is 37.6 Å². The van der Waals surface area contributed by atoms with Gasteiger partial charge in [-0.3, -0.25) is 4.79 Å². The molecule has 11 heteroatoms. The Morgan fingerprint density at radius 1 is 1.11 bits per heavy atom. The fourth-order valence-electron chi connectivity index (χ4n) is 3.39. The molecule has 0 saturated carbocycles. The van der Waals surface area contributed by atoms with Crippen LogP contribution in [-0.2, 0) is 4.74 Å². The fourth-order valence-corrected chi connectivity index (χ4v) is 4.01. The third kappa shape index (κ3) is 4.94. The number of aromatic amines is 1. The lowest BCUT2D eigenvalue weighted by Gasteiger charge is -2.11. The zero-order valence-electron chi connectivity index (χ0n) is 18.8. The van der Waals surface area contributed by atoms with E-state index in [9.17, 15) is 14.0 Å². The van der Waals surface area contributed by atoms with Gasteiger partial charge in [-0.05, 0) is 42.8 Å². The first-order valence-electron chi connectivity index (χ1n) is 10.6. The number of benzene rings is 2. The number of esters is 1. The molecule has 2 heterocycles. The van der Waals surface area contributed by atoms with E-state index in [0.29, 0.717) is 16.9 Å². The van der Waals surface area contributed by atoms with Gasteiger partial charge >= 0.3 is 5.97 Å². The number of nitrogens with one attached hydrogen (secondary N) is 3. The molecular formula is C24H21F2N5O3S. The highest BCUT2D eigenvalue weighted by molar-refractivity contribution is 8.00. The second-order valence-electron chi connectivity index (χ2n) is 7.41. The van der Waals surface area contributed by atoms with Crippen molar-refractivity contribution in [2.75, 3.05) is 22.9 Å². The summed E-state index contributed by atoms with van der Waals surface area (Å²) in [7, 11) is 1.29. The number of hydrogen-bond acceptors (Lipinski definition) is 8. The molecule has 0 unspecified atom stereocenters. The van der Waals surface area contributed by atoms with E-state index in [-0.39, 0.29) is 22.5 Å². The van der Waals surface area contributed by atoms with Crippen LogP contribution in [0.25, 0.3) is 11.0 Å². The van der Waals surface area contributed by atoms with E-state index < -0.39 is 29.0 Å². The molecule has 4 aromatic rings. The number of ketones is 1. The number of aromatic nitrogens is 3. The maximum absolute atomic E-state index is 15.2. The highest BCUT2D eigenvalue weighted by Crippen LogP contribution is 2.31. The molecule has 180 valence electrons. The van der Waals surface area contributed by atoms with Gasteiger partial charge in [0.05, 0.1) is 34.9 Å². The molecule has 35 heavy (non-hydrogen) atoms. The summed E-state index contributed by atoms with van der Waals surface area (Å²) in [4.78, 5) is 36.2. The van der Waals surface area contributed by atoms with E-state index in [4.69, 9.17) is 4.74 Å². The number of hydrogen-bond donors (Lipinski definition) is 3. The molecule has 8 nitrogen and oxygen atoms in total. The quantitative estimate of drug-likeness (QED) is 0.121. The van der Waals surface area contributed by atoms with Gasteiger partial charge < -0.3 is 19.8 Å². The maximum Gasteiger partial charge on any atom is 0.337 e. The first-order valence-corrected chi connectivity index (χ1v) is 11.6. The highest BCUT2D eigenvalue weighted by atomic mass is 32.2. The van der Waals surface area contributed by atoms with Crippen LogP contribution < -0.4 is 10.0 Å². The maximum atomic E-state index is 15.2. The normalized spacial score (nSPS) is 10.9. The third-order valence-corrected chi connectivity index (χ3v) is 6.07. The second-order valence-corrected chi connectivity index (χ2v) is 8.31. The standard InChI is InChI=1S/C24H21F2N5O3S/c1-3-10-35-31-17-9-8-16(25)19(20(17)26)21(32)15-11-27-22-18(15)23(29-12-28-22)30-14-6-4-13(5-7-14)24(33)34-2/h4-9,11-12,31H,3,10H2,1-2H3,(H2,27,28,29,30). The van der Waals surface area contributed by atoms with Gasteiger partial charge in [0.2, 0.25) is 5.78 Å². The first-order chi connectivity index (χ1) is 16.9. The van der Waals surface area contributed by atoms with Crippen molar-refractivity contribution < 1.29 is 23.1 Å². The number of rotatable bonds is 9. The molecule has 2 aromatic carbocycles. The Labute approximate surface area is 203 Å². The number of carbonyl (C=O) groups excluding carboxylic acids is 2. The highest BCUT2D eigenvalue weighted by Gasteiger charge is 2.26. The van der Waals surface area contributed by atoms with Crippen LogP contribution in [0.3, 0.4) is 0 Å². The van der Waals surface area contributed by atoms with Crippen LogP contribution in [-0.4, -0.2) is 39.6 Å². The average Bonchev–Trinajstić information content (AvgIpc) is 3.31. The van der Waals surface area contributed by atoms with Crippen LogP contribution in [0.1, 0.15) is 39.6 Å². The van der Waals surface area contributed by atoms with E-state index in [0.717, 1.165) is 18.2 Å². The van der Waals surface area contributed by atoms with E-state index in [1.54, 1.807) is 24.3 Å². The van der Waals surface area contributed by atoms with Crippen molar-refractivity contribution in [2.24, 2.45) is 0 Å². The molecule has 0 fully saturated rings. The summed E-state index contributed by atoms with van der Waals surface area (Å²) in [5, 5.41) is 3.33. The number of methoxy groups -OCH3 is 1. The Hall–Kier alpha value is -3.99. The summed E-state index contributed by atoms with van der Waals surface area (Å²) in [6.07, 6.45) is 3.50. The summed E-state index contributed by atoms with van der Waals surface area (Å²) in [5.74, 6) is -2.31. The molecule has 3 N–H and O–H groups in total. The van der Waals surface area contributed by atoms with Crippen LogP contribution >= 0.6 is 11.9 Å². The van der Waals surface area contributed by atoms with Gasteiger partial charge in [0.25, 0.3) is 0 Å². The molecular weight excluding hydrogens is 476 g/mol. The van der Waals surface area contributed by atoms with Crippen molar-refractivity contribution in [3.8, 4) is 0 Å². The average molecular weight is 498 g/mol. The van der Waals surface area contributed by atoms with Crippen molar-refractivity contribution in [3.63, 3.8) is 0 Å². The molecule has 0 bridgehead atoms. The Kier molecular flexibility index (Phi) is 7.25. The van der Waals surface area contributed by atoms with Crippen molar-refractivity contribution in [1.29, 1.82) is 0 Å². The lowest BCUT2D eigenvalue weighted by Crippen LogP contribution is -2.10. The van der Waals surface area contributed by atoms with Gasteiger partial charge in [-0.15, -0.1) is 0 Å². The van der Waals surface area contributed by atoms with Crippen molar-refractivity contribution in [1.82, 2.24) is 15.0 Å². The molecule has 0 aliphatic heterocycles. The van der Waals surface area contributed by atoms with E-state index in [2.05, 4.69) is 25.0 Å². The fraction of sp³-hybridized carbons (Fsp3) is 0.167. The Balaban J connectivity index is 1.71. The van der Waals surface area contributed by atoms with E-state index in [1.807, 2.05) is 6.92 Å². The summed E-state index contributed by atoms with van der Waals surface area (Å²) >= 11 is 1.27. The number of ether oxygens (including phenoxy) is 1. The Bertz CT molecular complexity index is 1390. The van der Waals surface area contributed by atoms with Gasteiger partial charge in [0.15, 0.2) is 5.82 Å². The van der Waals surface area contributed by atoms with Crippen LogP contribution in [0.15, 0.2) is 48.9 Å². The van der Waals surface area contributed by atoms with Crippen LogP contribution in [0, 0.1) is 11.6 Å². The lowest BCUT2D eigenvalue weighted by atomic mass is 10.0. The number of fused-ring (bicyclic) bond motifs is 1. The number of nitrogens with zero attached hydrogens (tertiary/aromatic N) is 2. The molecule has 2 aromatic heterocycles. The molecule has 0 amide bonds. The lowest BCUT2D eigenvalue weighted by molar-refractivity contribution is 0.0600. The van der Waals surface area contributed by atoms with Crippen LogP contribution in [0.4, 0.5) is 26.0 Å². The minimum atomic E-state index is -0.974. The number of anilines is 3. The number of H-pyrrole nitrogens is 1. The van der Waals surface area contributed by atoms with Crippen molar-refractivity contribution in [3.05, 3.63) is 77.2 Å². The van der Waals surface area contributed by atoms with Crippen molar-refractivity contribution in [2.45, 2.75) is 13.3 Å².